The Labute approximate surface area is 150 Å². The number of amides is 1. The zero-order valence-electron chi connectivity index (χ0n) is 15.3. The van der Waals surface area contributed by atoms with Gasteiger partial charge in [-0.15, -0.1) is 0 Å². The summed E-state index contributed by atoms with van der Waals surface area (Å²) >= 11 is 0. The monoisotopic (exact) mass is 347 g/mol. The minimum atomic E-state index is -0.0494. The van der Waals surface area contributed by atoms with Crippen LogP contribution in [0.3, 0.4) is 0 Å². The second-order valence-corrected chi connectivity index (χ2v) is 7.12. The number of carbonyl (C=O) groups excluding carboxylic acids is 1. The Balaban J connectivity index is 1.50. The first-order chi connectivity index (χ1) is 12.1. The minimum absolute atomic E-state index is 0.0494. The molecule has 1 spiro atoms. The normalized spacial score (nSPS) is 22.3. The first-order valence-electron chi connectivity index (χ1n) is 9.24. The fourth-order valence-electron chi connectivity index (χ4n) is 4.09. The maximum absolute atomic E-state index is 12.5. The lowest BCUT2D eigenvalue weighted by atomic mass is 9.78. The van der Waals surface area contributed by atoms with Crippen LogP contribution in [0.15, 0.2) is 24.3 Å². The number of methoxy groups -OCH3 is 1. The largest absolute Gasteiger partial charge is 0.484 e. The van der Waals surface area contributed by atoms with Gasteiger partial charge in [0.15, 0.2) is 6.61 Å². The number of para-hydroxylation sites is 1. The van der Waals surface area contributed by atoms with Crippen LogP contribution in [-0.2, 0) is 14.3 Å². The molecule has 1 amide bonds. The molecule has 0 saturated carbocycles. The third-order valence-corrected chi connectivity index (χ3v) is 5.68. The van der Waals surface area contributed by atoms with Gasteiger partial charge >= 0.3 is 0 Å². The van der Waals surface area contributed by atoms with Crippen LogP contribution in [0, 0.1) is 12.8 Å². The zero-order chi connectivity index (χ0) is 17.7. The van der Waals surface area contributed by atoms with E-state index >= 15 is 0 Å². The molecule has 0 unspecified atom stereocenters. The van der Waals surface area contributed by atoms with Gasteiger partial charge in [-0.2, -0.15) is 0 Å². The van der Waals surface area contributed by atoms with Crippen molar-refractivity contribution in [2.75, 3.05) is 40.0 Å². The molecule has 1 aromatic carbocycles. The second kappa shape index (κ2) is 8.19. The van der Waals surface area contributed by atoms with Crippen LogP contribution in [0.5, 0.6) is 5.75 Å². The number of ether oxygens (including phenoxy) is 3. The molecule has 2 heterocycles. The number of likely N-dealkylation sites (tertiary alicyclic amines) is 1. The third kappa shape index (κ3) is 4.15. The van der Waals surface area contributed by atoms with Crippen molar-refractivity contribution in [2.45, 2.75) is 38.2 Å². The Kier molecular flexibility index (Phi) is 5.97. The first kappa shape index (κ1) is 18.2. The molecule has 5 heteroatoms. The van der Waals surface area contributed by atoms with Crippen molar-refractivity contribution in [2.24, 2.45) is 5.92 Å². The first-order valence-corrected chi connectivity index (χ1v) is 9.24. The highest BCUT2D eigenvalue weighted by molar-refractivity contribution is 5.78. The zero-order valence-corrected chi connectivity index (χ0v) is 15.3. The maximum atomic E-state index is 12.5. The molecule has 3 rings (SSSR count). The number of hydrogen-bond donors (Lipinski definition) is 0. The van der Waals surface area contributed by atoms with Crippen LogP contribution in [0.25, 0.3) is 0 Å². The van der Waals surface area contributed by atoms with E-state index in [0.717, 1.165) is 63.3 Å². The van der Waals surface area contributed by atoms with Crippen LogP contribution in [-0.4, -0.2) is 56.4 Å². The molecule has 0 aliphatic carbocycles. The molecular formula is C20H29NO4. The Morgan fingerprint density at radius 2 is 2.08 bits per heavy atom. The lowest BCUT2D eigenvalue weighted by Crippen LogP contribution is -2.50. The van der Waals surface area contributed by atoms with Gasteiger partial charge in [0.2, 0.25) is 0 Å². The summed E-state index contributed by atoms with van der Waals surface area (Å²) in [6.45, 7) is 5.20. The van der Waals surface area contributed by atoms with Gasteiger partial charge in [-0.05, 0) is 50.2 Å². The summed E-state index contributed by atoms with van der Waals surface area (Å²) in [5.41, 5.74) is 1.000. The van der Waals surface area contributed by atoms with E-state index in [1.54, 1.807) is 7.11 Å². The Morgan fingerprint density at radius 1 is 1.32 bits per heavy atom. The molecular weight excluding hydrogens is 318 g/mol. The highest BCUT2D eigenvalue weighted by Gasteiger charge is 2.46. The van der Waals surface area contributed by atoms with E-state index < -0.39 is 0 Å². The predicted molar refractivity (Wildman–Crippen MR) is 95.8 cm³/mol. The highest BCUT2D eigenvalue weighted by Crippen LogP contribution is 2.42. The molecule has 0 bridgehead atoms. The number of hydrogen-bond acceptors (Lipinski definition) is 4. The lowest BCUT2D eigenvalue weighted by molar-refractivity contribution is -0.139. The van der Waals surface area contributed by atoms with Crippen molar-refractivity contribution in [1.29, 1.82) is 0 Å². The quantitative estimate of drug-likeness (QED) is 0.794. The van der Waals surface area contributed by atoms with Gasteiger partial charge in [-0.1, -0.05) is 18.2 Å². The molecule has 2 aliphatic heterocycles. The molecule has 0 radical (unpaired) electrons. The van der Waals surface area contributed by atoms with Crippen LogP contribution in [0.1, 0.15) is 31.2 Å². The SMILES string of the molecule is COCC[C@@H]1CCOC12CCN(C(=O)COc1ccccc1C)CC2. The van der Waals surface area contributed by atoms with Crippen LogP contribution < -0.4 is 4.74 Å². The van der Waals surface area contributed by atoms with Gasteiger partial charge in [0.05, 0.1) is 5.60 Å². The molecule has 1 atom stereocenters. The number of benzene rings is 1. The molecule has 5 nitrogen and oxygen atoms in total. The van der Waals surface area contributed by atoms with E-state index in [1.165, 1.54) is 0 Å². The van der Waals surface area contributed by atoms with Crippen molar-refractivity contribution in [1.82, 2.24) is 4.90 Å². The van der Waals surface area contributed by atoms with Crippen molar-refractivity contribution in [3.05, 3.63) is 29.8 Å². The Bertz CT molecular complexity index is 581. The van der Waals surface area contributed by atoms with Crippen LogP contribution >= 0.6 is 0 Å². The summed E-state index contributed by atoms with van der Waals surface area (Å²) in [5, 5.41) is 0. The Morgan fingerprint density at radius 3 is 2.80 bits per heavy atom. The smallest absolute Gasteiger partial charge is 0.260 e. The van der Waals surface area contributed by atoms with Gasteiger partial charge < -0.3 is 19.1 Å². The van der Waals surface area contributed by atoms with Crippen molar-refractivity contribution in [3.63, 3.8) is 0 Å². The summed E-state index contributed by atoms with van der Waals surface area (Å²) < 4.78 is 17.1. The predicted octanol–water partition coefficient (Wildman–Crippen LogP) is 2.81. The van der Waals surface area contributed by atoms with E-state index in [-0.39, 0.29) is 18.1 Å². The van der Waals surface area contributed by atoms with Gasteiger partial charge in [-0.25, -0.2) is 0 Å². The summed E-state index contributed by atoms with van der Waals surface area (Å²) in [5.74, 6) is 1.39. The van der Waals surface area contributed by atoms with Gasteiger partial charge in [0.25, 0.3) is 5.91 Å². The average Bonchev–Trinajstić information content (AvgIpc) is 3.01. The number of piperidine rings is 1. The number of rotatable bonds is 6. The van der Waals surface area contributed by atoms with Gasteiger partial charge in [-0.3, -0.25) is 4.79 Å². The average molecular weight is 347 g/mol. The summed E-state index contributed by atoms with van der Waals surface area (Å²) in [7, 11) is 1.75. The van der Waals surface area contributed by atoms with Gasteiger partial charge in [0.1, 0.15) is 5.75 Å². The standard InChI is InChI=1S/C20H29NO4/c1-16-5-3-4-6-18(16)24-15-19(22)21-11-9-20(10-12-21)17(7-13-23-2)8-14-25-20/h3-6,17H,7-15H2,1-2H3/t17-/m1/s1. The summed E-state index contributed by atoms with van der Waals surface area (Å²) in [6, 6.07) is 7.79. The number of carbonyl (C=O) groups is 1. The van der Waals surface area contributed by atoms with Crippen molar-refractivity contribution >= 4 is 5.91 Å². The Hall–Kier alpha value is -1.59. The second-order valence-electron chi connectivity index (χ2n) is 7.12. The molecule has 138 valence electrons. The molecule has 0 N–H and O–H groups in total. The molecule has 2 aliphatic rings. The lowest BCUT2D eigenvalue weighted by Gasteiger charge is -2.42. The summed E-state index contributed by atoms with van der Waals surface area (Å²) in [6.07, 6.45) is 3.98. The van der Waals surface area contributed by atoms with Crippen molar-refractivity contribution in [3.8, 4) is 5.75 Å². The maximum Gasteiger partial charge on any atom is 0.260 e. The van der Waals surface area contributed by atoms with E-state index in [1.807, 2.05) is 36.1 Å². The van der Waals surface area contributed by atoms with Gasteiger partial charge in [0, 0.05) is 33.4 Å². The van der Waals surface area contributed by atoms with Crippen LogP contribution in [0.2, 0.25) is 0 Å². The van der Waals surface area contributed by atoms with E-state index in [0.29, 0.717) is 5.92 Å². The van der Waals surface area contributed by atoms with E-state index in [4.69, 9.17) is 14.2 Å². The molecule has 0 aromatic heterocycles. The van der Waals surface area contributed by atoms with E-state index in [9.17, 15) is 4.79 Å². The fraction of sp³-hybridized carbons (Fsp3) is 0.650. The van der Waals surface area contributed by atoms with Crippen molar-refractivity contribution < 1.29 is 19.0 Å². The minimum Gasteiger partial charge on any atom is -0.484 e. The van der Waals surface area contributed by atoms with Crippen LogP contribution in [0.4, 0.5) is 0 Å². The van der Waals surface area contributed by atoms with E-state index in [2.05, 4.69) is 0 Å². The molecule has 2 fully saturated rings. The molecule has 2 saturated heterocycles. The third-order valence-electron chi connectivity index (χ3n) is 5.68. The number of nitrogens with zero attached hydrogens (tertiary/aromatic N) is 1. The topological polar surface area (TPSA) is 48.0 Å². The highest BCUT2D eigenvalue weighted by atomic mass is 16.5. The number of aryl methyl sites for hydroxylation is 1. The molecule has 25 heavy (non-hydrogen) atoms. The summed E-state index contributed by atoms with van der Waals surface area (Å²) in [4.78, 5) is 14.4. The molecule has 1 aromatic rings. The fourth-order valence-corrected chi connectivity index (χ4v) is 4.09.